The molecular formula is C16H24N2O. The maximum absolute atomic E-state index is 12.1. The highest BCUT2D eigenvalue weighted by atomic mass is 16.2. The summed E-state index contributed by atoms with van der Waals surface area (Å²) in [5.41, 5.74) is 9.89. The number of carbonyl (C=O) groups is 1. The molecule has 1 amide bonds. The molecule has 2 atom stereocenters. The van der Waals surface area contributed by atoms with E-state index in [2.05, 4.69) is 32.0 Å². The number of hydrogen-bond donors (Lipinski definition) is 1. The standard InChI is InChI=1S/C16H24N2O/c1-11-6-7-12(2)14(9-11)15(17)10-18-8-4-5-13(3)16(18)19/h6-7,9,13,15H,4-5,8,10,17H2,1-3H3. The smallest absolute Gasteiger partial charge is 0.225 e. The third-order valence-electron chi connectivity index (χ3n) is 4.05. The van der Waals surface area contributed by atoms with Crippen molar-refractivity contribution < 1.29 is 4.79 Å². The zero-order chi connectivity index (χ0) is 14.0. The monoisotopic (exact) mass is 260 g/mol. The molecule has 1 saturated heterocycles. The van der Waals surface area contributed by atoms with Crippen LogP contribution in [0.1, 0.15) is 42.5 Å². The maximum atomic E-state index is 12.1. The van der Waals surface area contributed by atoms with E-state index in [1.165, 1.54) is 11.1 Å². The number of rotatable bonds is 3. The number of nitrogens with two attached hydrogens (primary N) is 1. The van der Waals surface area contributed by atoms with Gasteiger partial charge in [0.1, 0.15) is 0 Å². The highest BCUT2D eigenvalue weighted by Gasteiger charge is 2.26. The van der Waals surface area contributed by atoms with Crippen molar-refractivity contribution in [1.82, 2.24) is 4.90 Å². The molecule has 0 aliphatic carbocycles. The molecule has 0 saturated carbocycles. The van der Waals surface area contributed by atoms with E-state index in [0.29, 0.717) is 6.54 Å². The van der Waals surface area contributed by atoms with Gasteiger partial charge in [0.05, 0.1) is 0 Å². The lowest BCUT2D eigenvalue weighted by Crippen LogP contribution is -2.43. The number of aryl methyl sites for hydroxylation is 2. The zero-order valence-electron chi connectivity index (χ0n) is 12.1. The average molecular weight is 260 g/mol. The molecule has 1 fully saturated rings. The average Bonchev–Trinajstić information content (AvgIpc) is 2.38. The van der Waals surface area contributed by atoms with Crippen molar-refractivity contribution in [2.75, 3.05) is 13.1 Å². The van der Waals surface area contributed by atoms with Crippen LogP contribution in [0, 0.1) is 19.8 Å². The SMILES string of the molecule is Cc1ccc(C)c(C(N)CN2CCCC(C)C2=O)c1. The minimum absolute atomic E-state index is 0.0888. The molecule has 0 spiro atoms. The van der Waals surface area contributed by atoms with E-state index < -0.39 is 0 Å². The van der Waals surface area contributed by atoms with Gasteiger partial charge >= 0.3 is 0 Å². The van der Waals surface area contributed by atoms with Crippen molar-refractivity contribution in [2.45, 2.75) is 39.7 Å². The van der Waals surface area contributed by atoms with E-state index in [0.717, 1.165) is 24.9 Å². The molecule has 1 heterocycles. The van der Waals surface area contributed by atoms with Crippen molar-refractivity contribution >= 4 is 5.91 Å². The molecule has 1 aromatic carbocycles. The summed E-state index contributed by atoms with van der Waals surface area (Å²) in [5.74, 6) is 0.409. The second kappa shape index (κ2) is 5.74. The van der Waals surface area contributed by atoms with E-state index >= 15 is 0 Å². The number of likely N-dealkylation sites (tertiary alicyclic amines) is 1. The number of nitrogens with zero attached hydrogens (tertiary/aromatic N) is 1. The minimum Gasteiger partial charge on any atom is -0.341 e. The van der Waals surface area contributed by atoms with Crippen molar-refractivity contribution in [3.63, 3.8) is 0 Å². The Balaban J connectivity index is 2.10. The van der Waals surface area contributed by atoms with E-state index in [1.807, 2.05) is 11.8 Å². The minimum atomic E-state index is -0.0888. The van der Waals surface area contributed by atoms with Gasteiger partial charge in [-0.15, -0.1) is 0 Å². The summed E-state index contributed by atoms with van der Waals surface area (Å²) in [6.07, 6.45) is 2.10. The first-order chi connectivity index (χ1) is 8.99. The van der Waals surface area contributed by atoms with Gasteiger partial charge in [-0.1, -0.05) is 30.7 Å². The van der Waals surface area contributed by atoms with Crippen LogP contribution in [0.3, 0.4) is 0 Å². The fourth-order valence-corrected chi connectivity index (χ4v) is 2.81. The van der Waals surface area contributed by atoms with Gasteiger partial charge in [0.2, 0.25) is 5.91 Å². The zero-order valence-corrected chi connectivity index (χ0v) is 12.1. The van der Waals surface area contributed by atoms with Crippen LogP contribution in [-0.4, -0.2) is 23.9 Å². The molecule has 1 aliphatic rings. The van der Waals surface area contributed by atoms with Crippen LogP contribution >= 0.6 is 0 Å². The quantitative estimate of drug-likeness (QED) is 0.908. The molecular weight excluding hydrogens is 236 g/mol. The van der Waals surface area contributed by atoms with Crippen LogP contribution in [-0.2, 0) is 4.79 Å². The Kier molecular flexibility index (Phi) is 4.25. The fraction of sp³-hybridized carbons (Fsp3) is 0.562. The summed E-state index contributed by atoms with van der Waals surface area (Å²) in [6, 6.07) is 6.25. The summed E-state index contributed by atoms with van der Waals surface area (Å²) in [4.78, 5) is 14.0. The van der Waals surface area contributed by atoms with Crippen molar-refractivity contribution in [1.29, 1.82) is 0 Å². The van der Waals surface area contributed by atoms with Gasteiger partial charge in [0.25, 0.3) is 0 Å². The van der Waals surface area contributed by atoms with E-state index in [4.69, 9.17) is 5.73 Å². The number of hydrogen-bond acceptors (Lipinski definition) is 2. The van der Waals surface area contributed by atoms with Crippen molar-refractivity contribution in [3.8, 4) is 0 Å². The Bertz CT molecular complexity index is 470. The molecule has 0 aromatic heterocycles. The Morgan fingerprint density at radius 2 is 2.16 bits per heavy atom. The first-order valence-electron chi connectivity index (χ1n) is 7.10. The number of carbonyl (C=O) groups excluding carboxylic acids is 1. The molecule has 104 valence electrons. The predicted octanol–water partition coefficient (Wildman–Crippen LogP) is 2.56. The van der Waals surface area contributed by atoms with Gasteiger partial charge in [-0.2, -0.15) is 0 Å². The molecule has 2 N–H and O–H groups in total. The summed E-state index contributed by atoms with van der Waals surface area (Å²) in [7, 11) is 0. The Morgan fingerprint density at radius 1 is 1.42 bits per heavy atom. The molecule has 19 heavy (non-hydrogen) atoms. The molecule has 3 nitrogen and oxygen atoms in total. The van der Waals surface area contributed by atoms with Gasteiger partial charge in [-0.05, 0) is 37.8 Å². The highest BCUT2D eigenvalue weighted by molar-refractivity contribution is 5.79. The molecule has 1 aliphatic heterocycles. The van der Waals surface area contributed by atoms with Gasteiger partial charge in [0, 0.05) is 25.0 Å². The summed E-state index contributed by atoms with van der Waals surface area (Å²) < 4.78 is 0. The summed E-state index contributed by atoms with van der Waals surface area (Å²) >= 11 is 0. The molecule has 0 bridgehead atoms. The third kappa shape index (κ3) is 3.16. The summed E-state index contributed by atoms with van der Waals surface area (Å²) in [6.45, 7) is 7.65. The largest absolute Gasteiger partial charge is 0.341 e. The molecule has 2 rings (SSSR count). The lowest BCUT2D eigenvalue weighted by atomic mass is 9.96. The Hall–Kier alpha value is -1.35. The van der Waals surface area contributed by atoms with Gasteiger partial charge in [-0.25, -0.2) is 0 Å². The normalized spacial score (nSPS) is 21.6. The maximum Gasteiger partial charge on any atom is 0.225 e. The predicted molar refractivity (Wildman–Crippen MR) is 77.8 cm³/mol. The molecule has 2 unspecified atom stereocenters. The second-order valence-corrected chi connectivity index (χ2v) is 5.79. The van der Waals surface area contributed by atoms with E-state index in [1.54, 1.807) is 0 Å². The van der Waals surface area contributed by atoms with Crippen LogP contribution < -0.4 is 5.73 Å². The summed E-state index contributed by atoms with van der Waals surface area (Å²) in [5, 5.41) is 0. The lowest BCUT2D eigenvalue weighted by molar-refractivity contribution is -0.138. The molecule has 1 aromatic rings. The first kappa shape index (κ1) is 14.1. The first-order valence-corrected chi connectivity index (χ1v) is 7.10. The molecule has 3 heteroatoms. The number of amides is 1. The van der Waals surface area contributed by atoms with Crippen molar-refractivity contribution in [3.05, 3.63) is 34.9 Å². The second-order valence-electron chi connectivity index (χ2n) is 5.79. The molecule has 0 radical (unpaired) electrons. The van der Waals surface area contributed by atoms with E-state index in [9.17, 15) is 4.79 Å². The Labute approximate surface area is 115 Å². The highest BCUT2D eigenvalue weighted by Crippen LogP contribution is 2.22. The Morgan fingerprint density at radius 3 is 2.89 bits per heavy atom. The van der Waals surface area contributed by atoms with Crippen LogP contribution in [0.2, 0.25) is 0 Å². The van der Waals surface area contributed by atoms with Gasteiger partial charge < -0.3 is 10.6 Å². The third-order valence-corrected chi connectivity index (χ3v) is 4.05. The van der Waals surface area contributed by atoms with Gasteiger partial charge in [-0.3, -0.25) is 4.79 Å². The van der Waals surface area contributed by atoms with Crippen LogP contribution in [0.15, 0.2) is 18.2 Å². The van der Waals surface area contributed by atoms with Crippen LogP contribution in [0.25, 0.3) is 0 Å². The van der Waals surface area contributed by atoms with Crippen LogP contribution in [0.5, 0.6) is 0 Å². The number of piperidine rings is 1. The lowest BCUT2D eigenvalue weighted by Gasteiger charge is -2.33. The topological polar surface area (TPSA) is 46.3 Å². The van der Waals surface area contributed by atoms with Gasteiger partial charge in [0.15, 0.2) is 0 Å². The van der Waals surface area contributed by atoms with Crippen LogP contribution in [0.4, 0.5) is 0 Å². The number of benzene rings is 1. The van der Waals surface area contributed by atoms with E-state index in [-0.39, 0.29) is 17.9 Å². The van der Waals surface area contributed by atoms with Crippen molar-refractivity contribution in [2.24, 2.45) is 11.7 Å². The fourth-order valence-electron chi connectivity index (χ4n) is 2.81.